The van der Waals surface area contributed by atoms with Crippen LogP contribution >= 0.6 is 0 Å². The van der Waals surface area contributed by atoms with Crippen molar-refractivity contribution in [3.63, 3.8) is 0 Å². The SMILES string of the molecule is Cc1cc(C)c(C(=O)NCc2cccnc2N2CCC[C@@H](O)C2)o1. The number of anilines is 1. The van der Waals surface area contributed by atoms with Crippen LogP contribution in [0, 0.1) is 13.8 Å². The lowest BCUT2D eigenvalue weighted by atomic mass is 10.1. The van der Waals surface area contributed by atoms with E-state index in [1.807, 2.05) is 32.0 Å². The molecule has 6 nitrogen and oxygen atoms in total. The van der Waals surface area contributed by atoms with Gasteiger partial charge in [-0.15, -0.1) is 0 Å². The highest BCUT2D eigenvalue weighted by atomic mass is 16.3. The number of aryl methyl sites for hydroxylation is 2. The van der Waals surface area contributed by atoms with Gasteiger partial charge in [-0.3, -0.25) is 4.79 Å². The molecule has 2 aromatic heterocycles. The quantitative estimate of drug-likeness (QED) is 0.899. The van der Waals surface area contributed by atoms with Crippen molar-refractivity contribution < 1.29 is 14.3 Å². The molecule has 0 bridgehead atoms. The molecule has 1 amide bonds. The number of aliphatic hydroxyl groups excluding tert-OH is 1. The number of piperidine rings is 1. The van der Waals surface area contributed by atoms with Crippen molar-refractivity contribution in [3.8, 4) is 0 Å². The predicted octanol–water partition coefficient (Wildman–Crippen LogP) is 2.18. The molecule has 0 saturated carbocycles. The molecule has 1 aliphatic rings. The van der Waals surface area contributed by atoms with Gasteiger partial charge in [-0.2, -0.15) is 0 Å². The average Bonchev–Trinajstić information content (AvgIpc) is 2.91. The third kappa shape index (κ3) is 3.59. The number of β-amino-alcohol motifs (C(OH)–C–C–N with tert-alkyl or cyclic N) is 1. The lowest BCUT2D eigenvalue weighted by Gasteiger charge is -2.32. The molecule has 0 unspecified atom stereocenters. The molecular formula is C18H23N3O3. The Labute approximate surface area is 141 Å². The minimum atomic E-state index is -0.322. The van der Waals surface area contributed by atoms with Crippen LogP contribution in [0.5, 0.6) is 0 Å². The van der Waals surface area contributed by atoms with Gasteiger partial charge in [-0.05, 0) is 38.8 Å². The first kappa shape index (κ1) is 16.5. The summed E-state index contributed by atoms with van der Waals surface area (Å²) in [6.07, 6.45) is 3.18. The number of aromatic nitrogens is 1. The molecule has 0 aromatic carbocycles. The van der Waals surface area contributed by atoms with Crippen LogP contribution in [0.3, 0.4) is 0 Å². The van der Waals surface area contributed by atoms with Gasteiger partial charge >= 0.3 is 0 Å². The Balaban J connectivity index is 1.71. The Hall–Kier alpha value is -2.34. The molecule has 1 atom stereocenters. The topological polar surface area (TPSA) is 78.6 Å². The zero-order chi connectivity index (χ0) is 17.1. The van der Waals surface area contributed by atoms with Crippen molar-refractivity contribution in [1.29, 1.82) is 0 Å². The number of hydrogen-bond donors (Lipinski definition) is 2. The molecule has 128 valence electrons. The molecular weight excluding hydrogens is 306 g/mol. The van der Waals surface area contributed by atoms with Crippen molar-refractivity contribution in [1.82, 2.24) is 10.3 Å². The van der Waals surface area contributed by atoms with Gasteiger partial charge in [0, 0.05) is 37.0 Å². The number of rotatable bonds is 4. The monoisotopic (exact) mass is 329 g/mol. The number of nitrogens with one attached hydrogen (secondary N) is 1. The van der Waals surface area contributed by atoms with Gasteiger partial charge in [0.2, 0.25) is 0 Å². The van der Waals surface area contributed by atoms with E-state index >= 15 is 0 Å². The van der Waals surface area contributed by atoms with Crippen molar-refractivity contribution in [2.24, 2.45) is 0 Å². The molecule has 1 aliphatic heterocycles. The molecule has 24 heavy (non-hydrogen) atoms. The highest BCUT2D eigenvalue weighted by Crippen LogP contribution is 2.22. The molecule has 0 aliphatic carbocycles. The summed E-state index contributed by atoms with van der Waals surface area (Å²) in [5, 5.41) is 12.8. The van der Waals surface area contributed by atoms with E-state index in [0.717, 1.165) is 42.1 Å². The molecule has 0 spiro atoms. The van der Waals surface area contributed by atoms with E-state index in [9.17, 15) is 9.90 Å². The van der Waals surface area contributed by atoms with Gasteiger partial charge < -0.3 is 19.7 Å². The third-order valence-electron chi connectivity index (χ3n) is 4.25. The zero-order valence-corrected chi connectivity index (χ0v) is 14.1. The Morgan fingerprint density at radius 1 is 1.50 bits per heavy atom. The Morgan fingerprint density at radius 3 is 3.04 bits per heavy atom. The number of furan rings is 1. The molecule has 3 rings (SSSR count). The fourth-order valence-corrected chi connectivity index (χ4v) is 3.12. The number of pyridine rings is 1. The van der Waals surface area contributed by atoms with Crippen LogP contribution < -0.4 is 10.2 Å². The van der Waals surface area contributed by atoms with Gasteiger partial charge in [0.25, 0.3) is 5.91 Å². The lowest BCUT2D eigenvalue weighted by Crippen LogP contribution is -2.39. The highest BCUT2D eigenvalue weighted by Gasteiger charge is 2.21. The van der Waals surface area contributed by atoms with Crippen molar-refractivity contribution in [2.75, 3.05) is 18.0 Å². The number of carbonyl (C=O) groups excluding carboxylic acids is 1. The van der Waals surface area contributed by atoms with Gasteiger partial charge in [0.1, 0.15) is 11.6 Å². The summed E-state index contributed by atoms with van der Waals surface area (Å²) in [4.78, 5) is 18.8. The maximum atomic E-state index is 12.3. The summed E-state index contributed by atoms with van der Waals surface area (Å²) in [5.41, 5.74) is 1.76. The van der Waals surface area contributed by atoms with Gasteiger partial charge in [-0.25, -0.2) is 4.98 Å². The average molecular weight is 329 g/mol. The van der Waals surface area contributed by atoms with E-state index in [1.165, 1.54) is 0 Å². The number of nitrogens with zero attached hydrogens (tertiary/aromatic N) is 2. The van der Waals surface area contributed by atoms with Gasteiger partial charge in [0.15, 0.2) is 5.76 Å². The Bertz CT molecular complexity index is 726. The maximum Gasteiger partial charge on any atom is 0.287 e. The first-order chi connectivity index (χ1) is 11.5. The number of aliphatic hydroxyl groups is 1. The Morgan fingerprint density at radius 2 is 2.33 bits per heavy atom. The lowest BCUT2D eigenvalue weighted by molar-refractivity contribution is 0.0921. The first-order valence-electron chi connectivity index (χ1n) is 8.26. The fraction of sp³-hybridized carbons (Fsp3) is 0.444. The zero-order valence-electron chi connectivity index (χ0n) is 14.1. The molecule has 0 radical (unpaired) electrons. The highest BCUT2D eigenvalue weighted by molar-refractivity contribution is 5.92. The second kappa shape index (κ2) is 7.05. The molecule has 1 fully saturated rings. The molecule has 6 heteroatoms. The molecule has 1 saturated heterocycles. The van der Waals surface area contributed by atoms with Crippen LogP contribution in [0.4, 0.5) is 5.82 Å². The minimum Gasteiger partial charge on any atom is -0.456 e. The standard InChI is InChI=1S/C18H23N3O3/c1-12-9-13(2)24-16(12)18(23)20-10-14-5-3-7-19-17(14)21-8-4-6-15(22)11-21/h3,5,7,9,15,22H,4,6,8,10-11H2,1-2H3,(H,20,23)/t15-/m1/s1. The number of amides is 1. The smallest absolute Gasteiger partial charge is 0.287 e. The third-order valence-corrected chi connectivity index (χ3v) is 4.25. The second-order valence-electron chi connectivity index (χ2n) is 6.28. The van der Waals surface area contributed by atoms with E-state index in [2.05, 4.69) is 15.2 Å². The predicted molar refractivity (Wildman–Crippen MR) is 91.0 cm³/mol. The summed E-state index contributed by atoms with van der Waals surface area (Å²) >= 11 is 0. The largest absolute Gasteiger partial charge is 0.456 e. The summed E-state index contributed by atoms with van der Waals surface area (Å²) in [7, 11) is 0. The first-order valence-corrected chi connectivity index (χ1v) is 8.26. The summed E-state index contributed by atoms with van der Waals surface area (Å²) in [5.74, 6) is 1.67. The fourth-order valence-electron chi connectivity index (χ4n) is 3.12. The van der Waals surface area contributed by atoms with E-state index in [-0.39, 0.29) is 12.0 Å². The van der Waals surface area contributed by atoms with Crippen LogP contribution in [0.25, 0.3) is 0 Å². The normalized spacial score (nSPS) is 17.8. The van der Waals surface area contributed by atoms with E-state index < -0.39 is 0 Å². The van der Waals surface area contributed by atoms with Crippen molar-refractivity contribution in [3.05, 3.63) is 47.0 Å². The van der Waals surface area contributed by atoms with Crippen molar-refractivity contribution in [2.45, 2.75) is 39.3 Å². The van der Waals surface area contributed by atoms with Crippen LogP contribution in [0.2, 0.25) is 0 Å². The van der Waals surface area contributed by atoms with Crippen LogP contribution in [0.1, 0.15) is 40.3 Å². The maximum absolute atomic E-state index is 12.3. The van der Waals surface area contributed by atoms with Gasteiger partial charge in [-0.1, -0.05) is 6.07 Å². The summed E-state index contributed by atoms with van der Waals surface area (Å²) in [6.45, 7) is 5.49. The number of carbonyl (C=O) groups is 1. The molecule has 2 aromatic rings. The van der Waals surface area contributed by atoms with Crippen LogP contribution in [-0.4, -0.2) is 35.2 Å². The Kier molecular flexibility index (Phi) is 4.85. The summed E-state index contributed by atoms with van der Waals surface area (Å²) in [6, 6.07) is 5.65. The summed E-state index contributed by atoms with van der Waals surface area (Å²) < 4.78 is 5.45. The van der Waals surface area contributed by atoms with E-state index in [1.54, 1.807) is 6.20 Å². The van der Waals surface area contributed by atoms with E-state index in [0.29, 0.717) is 18.8 Å². The van der Waals surface area contributed by atoms with Gasteiger partial charge in [0.05, 0.1) is 6.10 Å². The van der Waals surface area contributed by atoms with E-state index in [4.69, 9.17) is 4.42 Å². The van der Waals surface area contributed by atoms with Crippen LogP contribution in [-0.2, 0) is 6.54 Å². The second-order valence-corrected chi connectivity index (χ2v) is 6.28. The number of hydrogen-bond acceptors (Lipinski definition) is 5. The molecule has 3 heterocycles. The van der Waals surface area contributed by atoms with Crippen LogP contribution in [0.15, 0.2) is 28.8 Å². The molecule has 2 N–H and O–H groups in total. The minimum absolute atomic E-state index is 0.228. The van der Waals surface area contributed by atoms with Crippen molar-refractivity contribution >= 4 is 11.7 Å².